The molecule has 2 heteroatoms. The fraction of sp³-hybridized carbons (Fsp3) is 0.800. The lowest BCUT2D eigenvalue weighted by Crippen LogP contribution is -2.71. The first-order valence-corrected chi connectivity index (χ1v) is 2.63. The van der Waals surface area contributed by atoms with Gasteiger partial charge in [0.25, 0.3) is 0 Å². The van der Waals surface area contributed by atoms with E-state index in [0.717, 1.165) is 19.4 Å². The maximum Gasteiger partial charge on any atom is 0.143 e. The van der Waals surface area contributed by atoms with Crippen LogP contribution in [0.3, 0.4) is 0 Å². The van der Waals surface area contributed by atoms with Crippen molar-refractivity contribution in [3.05, 3.63) is 0 Å². The third kappa shape index (κ3) is 1.27. The lowest BCUT2D eigenvalue weighted by atomic mass is 10.2. The average molecular weight is 100 g/mol. The largest absolute Gasteiger partial charge is 0.392 e. The second kappa shape index (κ2) is 2.07. The smallest absolute Gasteiger partial charge is 0.143 e. The van der Waals surface area contributed by atoms with E-state index in [1.54, 1.807) is 0 Å². The number of hydrogen-bond donors (Lipinski definition) is 2. The molecule has 0 saturated carbocycles. The Bertz CT molecular complexity index is 80.1. The molecular weight excluding hydrogens is 90.1 g/mol. The highest BCUT2D eigenvalue weighted by molar-refractivity contribution is 5.51. The lowest BCUT2D eigenvalue weighted by Gasteiger charge is -2.03. The minimum atomic E-state index is -0.0822. The van der Waals surface area contributed by atoms with Gasteiger partial charge in [-0.05, 0) is 0 Å². The number of aliphatic hydroxyl groups is 1. The first-order valence-electron chi connectivity index (χ1n) is 2.63. The summed E-state index contributed by atoms with van der Waals surface area (Å²) in [7, 11) is 0. The molecule has 1 atom stereocenters. The van der Waals surface area contributed by atoms with Crippen LogP contribution in [-0.4, -0.2) is 24.0 Å². The highest BCUT2D eigenvalue weighted by Gasteiger charge is 2.07. The molecule has 0 aromatic heterocycles. The van der Waals surface area contributed by atoms with E-state index in [1.807, 2.05) is 6.21 Å². The molecule has 1 heterocycles. The van der Waals surface area contributed by atoms with Gasteiger partial charge in [0.05, 0.1) is 12.5 Å². The van der Waals surface area contributed by atoms with Gasteiger partial charge in [-0.3, -0.25) is 4.99 Å². The minimum Gasteiger partial charge on any atom is -0.392 e. The Morgan fingerprint density at radius 3 is 2.86 bits per heavy atom. The van der Waals surface area contributed by atoms with E-state index < -0.39 is 0 Å². The molecule has 7 heavy (non-hydrogen) atoms. The van der Waals surface area contributed by atoms with Crippen molar-refractivity contribution < 1.29 is 10.1 Å². The van der Waals surface area contributed by atoms with E-state index in [9.17, 15) is 0 Å². The number of hydrogen-bond acceptors (Lipinski definition) is 1. The maximum atomic E-state index is 8.84. The summed E-state index contributed by atoms with van der Waals surface area (Å²) >= 11 is 0. The van der Waals surface area contributed by atoms with Crippen LogP contribution in [0.5, 0.6) is 0 Å². The first-order chi connectivity index (χ1) is 3.39. The van der Waals surface area contributed by atoms with E-state index in [4.69, 9.17) is 5.11 Å². The van der Waals surface area contributed by atoms with Crippen molar-refractivity contribution >= 4 is 6.21 Å². The zero-order valence-corrected chi connectivity index (χ0v) is 4.22. The Kier molecular flexibility index (Phi) is 1.42. The van der Waals surface area contributed by atoms with Crippen molar-refractivity contribution in [3.8, 4) is 0 Å². The molecule has 0 aliphatic carbocycles. The highest BCUT2D eigenvalue weighted by atomic mass is 16.3. The van der Waals surface area contributed by atoms with Crippen molar-refractivity contribution in [2.24, 2.45) is 0 Å². The van der Waals surface area contributed by atoms with Gasteiger partial charge in [0, 0.05) is 6.42 Å². The van der Waals surface area contributed by atoms with Gasteiger partial charge in [0.2, 0.25) is 0 Å². The van der Waals surface area contributed by atoms with Crippen molar-refractivity contribution in [1.29, 1.82) is 0 Å². The molecule has 2 N–H and O–H groups in total. The van der Waals surface area contributed by atoms with E-state index in [-0.39, 0.29) is 6.10 Å². The highest BCUT2D eigenvalue weighted by Crippen LogP contribution is 1.91. The molecule has 0 aromatic carbocycles. The van der Waals surface area contributed by atoms with E-state index >= 15 is 0 Å². The number of rotatable bonds is 0. The molecule has 0 fully saturated rings. The third-order valence-corrected chi connectivity index (χ3v) is 1.16. The maximum absolute atomic E-state index is 8.84. The second-order valence-corrected chi connectivity index (χ2v) is 1.84. The molecule has 1 rings (SSSR count). The molecule has 40 valence electrons. The van der Waals surface area contributed by atoms with Gasteiger partial charge in [-0.25, -0.2) is 0 Å². The molecule has 1 aliphatic rings. The van der Waals surface area contributed by atoms with Crippen molar-refractivity contribution in [3.63, 3.8) is 0 Å². The van der Waals surface area contributed by atoms with Gasteiger partial charge in [-0.15, -0.1) is 0 Å². The summed E-state index contributed by atoms with van der Waals surface area (Å²) < 4.78 is 0. The van der Waals surface area contributed by atoms with Crippen LogP contribution in [0.1, 0.15) is 12.8 Å². The van der Waals surface area contributed by atoms with Crippen LogP contribution in [0.2, 0.25) is 0 Å². The van der Waals surface area contributed by atoms with Gasteiger partial charge in [0.1, 0.15) is 12.8 Å². The number of nitrogens with one attached hydrogen (secondary N) is 1. The summed E-state index contributed by atoms with van der Waals surface area (Å²) in [6.07, 6.45) is 3.53. The standard InChI is InChI=1S/C5H9NO/c7-5-1-3-6-4-2-5/h3,5,7H,1-2,4H2/p+1. The Morgan fingerprint density at radius 2 is 2.57 bits per heavy atom. The molecule has 1 aliphatic heterocycles. The molecule has 0 spiro atoms. The Morgan fingerprint density at radius 1 is 1.71 bits per heavy atom. The number of aliphatic hydroxyl groups excluding tert-OH is 1. The van der Waals surface area contributed by atoms with Crippen molar-refractivity contribution in [2.75, 3.05) is 6.54 Å². The van der Waals surface area contributed by atoms with Gasteiger partial charge in [0.15, 0.2) is 0 Å². The predicted octanol–water partition coefficient (Wildman–Crippen LogP) is -1.71. The van der Waals surface area contributed by atoms with Gasteiger partial charge < -0.3 is 5.11 Å². The SMILES string of the molecule is OC1CC=[NH+]CC1. The molecule has 1 unspecified atom stereocenters. The summed E-state index contributed by atoms with van der Waals surface area (Å²) in [6, 6.07) is 0. The molecular formula is C5H10NO+. The van der Waals surface area contributed by atoms with Crippen LogP contribution in [0.25, 0.3) is 0 Å². The zero-order valence-electron chi connectivity index (χ0n) is 4.22. The van der Waals surface area contributed by atoms with Gasteiger partial charge in [-0.1, -0.05) is 0 Å². The average Bonchev–Trinajstić information content (AvgIpc) is 1.69. The summed E-state index contributed by atoms with van der Waals surface area (Å²) in [6.45, 7) is 0.932. The molecule has 0 saturated heterocycles. The minimum absolute atomic E-state index is 0.0822. The zero-order chi connectivity index (χ0) is 5.11. The van der Waals surface area contributed by atoms with Crippen LogP contribution >= 0.6 is 0 Å². The Hall–Kier alpha value is -0.370. The fourth-order valence-electron chi connectivity index (χ4n) is 0.689. The molecule has 2 nitrogen and oxygen atoms in total. The van der Waals surface area contributed by atoms with Crippen molar-refractivity contribution in [2.45, 2.75) is 18.9 Å². The van der Waals surface area contributed by atoms with Crippen molar-refractivity contribution in [1.82, 2.24) is 0 Å². The van der Waals surface area contributed by atoms with E-state index in [2.05, 4.69) is 4.99 Å². The fourth-order valence-corrected chi connectivity index (χ4v) is 0.689. The Labute approximate surface area is 42.9 Å². The topological polar surface area (TPSA) is 34.2 Å². The molecule has 0 aromatic rings. The van der Waals surface area contributed by atoms with Crippen LogP contribution in [0, 0.1) is 0 Å². The third-order valence-electron chi connectivity index (χ3n) is 1.16. The molecule has 0 bridgehead atoms. The van der Waals surface area contributed by atoms with Gasteiger partial charge in [-0.2, -0.15) is 0 Å². The molecule has 0 radical (unpaired) electrons. The summed E-state index contributed by atoms with van der Waals surface area (Å²) in [4.78, 5) is 3.03. The van der Waals surface area contributed by atoms with Crippen LogP contribution < -0.4 is 4.99 Å². The summed E-state index contributed by atoms with van der Waals surface area (Å²) in [5.74, 6) is 0. The van der Waals surface area contributed by atoms with Crippen LogP contribution in [-0.2, 0) is 0 Å². The van der Waals surface area contributed by atoms with Gasteiger partial charge >= 0.3 is 0 Å². The first kappa shape index (κ1) is 4.78. The summed E-state index contributed by atoms with van der Waals surface area (Å²) in [5, 5.41) is 8.84. The Balaban J connectivity index is 2.32. The van der Waals surface area contributed by atoms with E-state index in [1.165, 1.54) is 0 Å². The van der Waals surface area contributed by atoms with Crippen LogP contribution in [0.15, 0.2) is 0 Å². The quantitative estimate of drug-likeness (QED) is 0.373. The summed E-state index contributed by atoms with van der Waals surface area (Å²) in [5.41, 5.74) is 0. The normalized spacial score (nSPS) is 30.7. The van der Waals surface area contributed by atoms with E-state index in [0.29, 0.717) is 0 Å². The lowest BCUT2D eigenvalue weighted by molar-refractivity contribution is -0.461. The second-order valence-electron chi connectivity index (χ2n) is 1.84. The predicted molar refractivity (Wildman–Crippen MR) is 27.1 cm³/mol. The molecule has 0 amide bonds. The monoisotopic (exact) mass is 100 g/mol. The van der Waals surface area contributed by atoms with Crippen LogP contribution in [0.4, 0.5) is 0 Å².